The van der Waals surface area contributed by atoms with Gasteiger partial charge >= 0.3 is 12.0 Å². The fourth-order valence-electron chi connectivity index (χ4n) is 1.95. The molecule has 6 heteroatoms. The van der Waals surface area contributed by atoms with Crippen LogP contribution in [0.2, 0.25) is 0 Å². The normalized spacial score (nSPS) is 24.1. The lowest BCUT2D eigenvalue weighted by Crippen LogP contribution is -2.45. The Balaban J connectivity index is 2.30. The average Bonchev–Trinajstić information content (AvgIpc) is 2.66. The number of carboxylic acid groups (broad SMARTS) is 1. The summed E-state index contributed by atoms with van der Waals surface area (Å²) in [6.07, 6.45) is 2.95. The molecule has 2 amide bonds. The number of nitrogens with one attached hydrogen (secondary N) is 2. The molecule has 1 fully saturated rings. The molecule has 0 aromatic heterocycles. The Labute approximate surface area is 94.6 Å². The monoisotopic (exact) mass is 229 g/mol. The Morgan fingerprint density at radius 3 is 2.75 bits per heavy atom. The van der Waals surface area contributed by atoms with E-state index in [1.54, 1.807) is 0 Å². The van der Waals surface area contributed by atoms with E-state index in [0.717, 1.165) is 19.3 Å². The van der Waals surface area contributed by atoms with E-state index < -0.39 is 11.9 Å². The van der Waals surface area contributed by atoms with Crippen molar-refractivity contribution in [2.24, 2.45) is 11.7 Å². The Morgan fingerprint density at radius 1 is 1.38 bits per heavy atom. The van der Waals surface area contributed by atoms with Gasteiger partial charge in [0.25, 0.3) is 0 Å². The van der Waals surface area contributed by atoms with Crippen LogP contribution >= 0.6 is 0 Å². The third-order valence-corrected chi connectivity index (χ3v) is 2.82. The summed E-state index contributed by atoms with van der Waals surface area (Å²) in [5.74, 6) is -1.27. The molecule has 0 heterocycles. The number of hydrogen-bond acceptors (Lipinski definition) is 3. The molecule has 2 unspecified atom stereocenters. The first-order chi connectivity index (χ1) is 7.65. The van der Waals surface area contributed by atoms with Crippen LogP contribution in [0.15, 0.2) is 0 Å². The summed E-state index contributed by atoms with van der Waals surface area (Å²) >= 11 is 0. The molecule has 0 spiro atoms. The first-order valence-electron chi connectivity index (χ1n) is 5.62. The minimum Gasteiger partial charge on any atom is -0.481 e. The highest BCUT2D eigenvalue weighted by atomic mass is 16.4. The van der Waals surface area contributed by atoms with Gasteiger partial charge in [-0.1, -0.05) is 6.42 Å². The van der Waals surface area contributed by atoms with Crippen LogP contribution < -0.4 is 16.4 Å². The maximum absolute atomic E-state index is 11.4. The summed E-state index contributed by atoms with van der Waals surface area (Å²) in [4.78, 5) is 22.3. The highest BCUT2D eigenvalue weighted by Gasteiger charge is 2.33. The molecule has 0 bridgehead atoms. The molecule has 6 nitrogen and oxygen atoms in total. The molecule has 0 aromatic rings. The molecule has 0 aliphatic heterocycles. The summed E-state index contributed by atoms with van der Waals surface area (Å²) in [5.41, 5.74) is 5.29. The third-order valence-electron chi connectivity index (χ3n) is 2.82. The molecule has 0 aromatic carbocycles. The fourth-order valence-corrected chi connectivity index (χ4v) is 1.95. The zero-order valence-corrected chi connectivity index (χ0v) is 9.24. The first kappa shape index (κ1) is 12.8. The third kappa shape index (κ3) is 3.69. The number of hydrogen-bond donors (Lipinski definition) is 4. The highest BCUT2D eigenvalue weighted by Crippen LogP contribution is 2.25. The quantitative estimate of drug-likeness (QED) is 0.493. The van der Waals surface area contributed by atoms with Crippen LogP contribution in [0.4, 0.5) is 4.79 Å². The molecule has 0 radical (unpaired) electrons. The lowest BCUT2D eigenvalue weighted by molar-refractivity contribution is -0.142. The van der Waals surface area contributed by atoms with E-state index in [1.807, 2.05) is 0 Å². The predicted octanol–water partition coefficient (Wildman–Crippen LogP) is -0.112. The van der Waals surface area contributed by atoms with E-state index in [2.05, 4.69) is 10.6 Å². The standard InChI is InChI=1S/C10H19N3O3/c11-5-2-6-12-10(16)13-8-4-1-3-7(8)9(14)15/h7-8H,1-6,11H2,(H,14,15)(H2,12,13,16). The smallest absolute Gasteiger partial charge is 0.315 e. The van der Waals surface area contributed by atoms with Crippen LogP contribution in [-0.4, -0.2) is 36.2 Å². The first-order valence-corrected chi connectivity index (χ1v) is 5.62. The van der Waals surface area contributed by atoms with Crippen molar-refractivity contribution in [1.29, 1.82) is 0 Å². The van der Waals surface area contributed by atoms with Crippen molar-refractivity contribution in [1.82, 2.24) is 10.6 Å². The maximum atomic E-state index is 11.4. The van der Waals surface area contributed by atoms with E-state index in [1.165, 1.54) is 0 Å². The molecule has 1 saturated carbocycles. The van der Waals surface area contributed by atoms with Gasteiger partial charge in [-0.15, -0.1) is 0 Å². The van der Waals surface area contributed by atoms with Crippen molar-refractivity contribution >= 4 is 12.0 Å². The van der Waals surface area contributed by atoms with Crippen LogP contribution in [0.1, 0.15) is 25.7 Å². The van der Waals surface area contributed by atoms with Crippen molar-refractivity contribution in [3.05, 3.63) is 0 Å². The van der Waals surface area contributed by atoms with Crippen molar-refractivity contribution < 1.29 is 14.7 Å². The molecular formula is C10H19N3O3. The molecule has 5 N–H and O–H groups in total. The minimum atomic E-state index is -0.829. The van der Waals surface area contributed by atoms with Crippen LogP contribution in [-0.2, 0) is 4.79 Å². The van der Waals surface area contributed by atoms with Gasteiger partial charge in [-0.2, -0.15) is 0 Å². The number of rotatable bonds is 5. The zero-order valence-electron chi connectivity index (χ0n) is 9.24. The van der Waals surface area contributed by atoms with Gasteiger partial charge in [0, 0.05) is 12.6 Å². The molecule has 2 atom stereocenters. The molecule has 16 heavy (non-hydrogen) atoms. The molecule has 1 rings (SSSR count). The summed E-state index contributed by atoms with van der Waals surface area (Å²) in [5, 5.41) is 14.3. The Morgan fingerprint density at radius 2 is 2.12 bits per heavy atom. The van der Waals surface area contributed by atoms with Crippen molar-refractivity contribution in [2.45, 2.75) is 31.7 Å². The Kier molecular flexibility index (Phi) is 5.04. The number of aliphatic carboxylic acids is 1. The zero-order chi connectivity index (χ0) is 12.0. The van der Waals surface area contributed by atoms with E-state index in [4.69, 9.17) is 10.8 Å². The fraction of sp³-hybridized carbons (Fsp3) is 0.800. The summed E-state index contributed by atoms with van der Waals surface area (Å²) in [6, 6.07) is -0.540. The van der Waals surface area contributed by atoms with Crippen LogP contribution in [0.3, 0.4) is 0 Å². The number of nitrogens with two attached hydrogens (primary N) is 1. The lowest BCUT2D eigenvalue weighted by Gasteiger charge is -2.17. The van der Waals surface area contributed by atoms with Crippen molar-refractivity contribution in [3.8, 4) is 0 Å². The Bertz CT molecular complexity index is 258. The van der Waals surface area contributed by atoms with Crippen LogP contribution in [0, 0.1) is 5.92 Å². The van der Waals surface area contributed by atoms with Gasteiger partial charge in [0.15, 0.2) is 0 Å². The van der Waals surface area contributed by atoms with E-state index in [9.17, 15) is 9.59 Å². The van der Waals surface area contributed by atoms with E-state index >= 15 is 0 Å². The molecule has 1 aliphatic rings. The number of carboxylic acids is 1. The van der Waals surface area contributed by atoms with Crippen molar-refractivity contribution in [2.75, 3.05) is 13.1 Å². The van der Waals surface area contributed by atoms with E-state index in [0.29, 0.717) is 19.5 Å². The van der Waals surface area contributed by atoms with Crippen molar-refractivity contribution in [3.63, 3.8) is 0 Å². The number of carbonyl (C=O) groups is 2. The maximum Gasteiger partial charge on any atom is 0.315 e. The van der Waals surface area contributed by atoms with Gasteiger partial charge in [0.2, 0.25) is 0 Å². The molecular weight excluding hydrogens is 210 g/mol. The Hall–Kier alpha value is -1.30. The second kappa shape index (κ2) is 6.32. The number of carbonyl (C=O) groups excluding carboxylic acids is 1. The molecule has 1 aliphatic carbocycles. The predicted molar refractivity (Wildman–Crippen MR) is 59.0 cm³/mol. The van der Waals surface area contributed by atoms with Gasteiger partial charge in [0.05, 0.1) is 5.92 Å². The SMILES string of the molecule is NCCCNC(=O)NC1CCCC1C(=O)O. The lowest BCUT2D eigenvalue weighted by atomic mass is 10.0. The summed E-state index contributed by atoms with van der Waals surface area (Å²) < 4.78 is 0. The van der Waals surface area contributed by atoms with Gasteiger partial charge in [0.1, 0.15) is 0 Å². The second-order valence-electron chi connectivity index (χ2n) is 4.02. The van der Waals surface area contributed by atoms with Crippen LogP contribution in [0.5, 0.6) is 0 Å². The highest BCUT2D eigenvalue weighted by molar-refractivity contribution is 5.76. The van der Waals surface area contributed by atoms with Crippen LogP contribution in [0.25, 0.3) is 0 Å². The second-order valence-corrected chi connectivity index (χ2v) is 4.02. The largest absolute Gasteiger partial charge is 0.481 e. The van der Waals surface area contributed by atoms with Gasteiger partial charge in [-0.25, -0.2) is 4.79 Å². The molecule has 92 valence electrons. The minimum absolute atomic E-state index is 0.240. The van der Waals surface area contributed by atoms with E-state index in [-0.39, 0.29) is 12.1 Å². The topological polar surface area (TPSA) is 104 Å². The number of urea groups is 1. The molecule has 0 saturated heterocycles. The van der Waals surface area contributed by atoms with Gasteiger partial charge < -0.3 is 21.5 Å². The van der Waals surface area contributed by atoms with Gasteiger partial charge in [-0.3, -0.25) is 4.79 Å². The average molecular weight is 229 g/mol. The number of amides is 2. The summed E-state index contributed by atoms with van der Waals surface area (Å²) in [7, 11) is 0. The van der Waals surface area contributed by atoms with Gasteiger partial charge in [-0.05, 0) is 25.8 Å². The summed E-state index contributed by atoms with van der Waals surface area (Å²) in [6.45, 7) is 1.05.